The molecule has 1 aromatic carbocycles. The highest BCUT2D eigenvalue weighted by atomic mass is 19.1. The van der Waals surface area contributed by atoms with Crippen molar-refractivity contribution in [1.82, 2.24) is 0 Å². The third-order valence-electron chi connectivity index (χ3n) is 2.08. The summed E-state index contributed by atoms with van der Waals surface area (Å²) in [6, 6.07) is 1.58. The Hall–Kier alpha value is -2.31. The van der Waals surface area contributed by atoms with Crippen molar-refractivity contribution in [3.63, 3.8) is 0 Å². The van der Waals surface area contributed by atoms with Gasteiger partial charge in [0.1, 0.15) is 5.82 Å². The highest BCUT2D eigenvalue weighted by Crippen LogP contribution is 2.23. The summed E-state index contributed by atoms with van der Waals surface area (Å²) in [6.45, 7) is 0. The van der Waals surface area contributed by atoms with Crippen LogP contribution in [0, 0.1) is 15.9 Å². The quantitative estimate of drug-likeness (QED) is 0.343. The molecule has 0 aliphatic heterocycles. The maximum atomic E-state index is 13.2. The minimum absolute atomic E-state index is 0.134. The van der Waals surface area contributed by atoms with Gasteiger partial charge in [0, 0.05) is 11.6 Å². The Bertz CT molecular complexity index is 486. The van der Waals surface area contributed by atoms with Crippen molar-refractivity contribution < 1.29 is 23.6 Å². The molecule has 7 heteroatoms. The summed E-state index contributed by atoms with van der Waals surface area (Å²) in [6.07, 6.45) is -0.257. The zero-order valence-electron chi connectivity index (χ0n) is 8.81. The van der Waals surface area contributed by atoms with E-state index in [1.54, 1.807) is 0 Å². The summed E-state index contributed by atoms with van der Waals surface area (Å²) in [5.74, 6) is -1.64. The van der Waals surface area contributed by atoms with Crippen molar-refractivity contribution >= 4 is 17.9 Å². The van der Waals surface area contributed by atoms with Crippen LogP contribution in [-0.4, -0.2) is 24.3 Å². The molecule has 0 aliphatic rings. The molecule has 6 nitrogen and oxygen atoms in total. The lowest BCUT2D eigenvalue weighted by Crippen LogP contribution is -2.08. The van der Waals surface area contributed by atoms with Gasteiger partial charge in [-0.25, -0.2) is 4.39 Å². The van der Waals surface area contributed by atoms with Gasteiger partial charge >= 0.3 is 5.97 Å². The second-order valence-electron chi connectivity index (χ2n) is 3.13. The number of hydrogen-bond acceptors (Lipinski definition) is 5. The molecule has 0 saturated heterocycles. The first-order valence-corrected chi connectivity index (χ1v) is 4.48. The number of methoxy groups -OCH3 is 1. The Kier molecular flexibility index (Phi) is 3.86. The molecule has 17 heavy (non-hydrogen) atoms. The Balaban J connectivity index is 3.27. The predicted octanol–water partition coefficient (Wildman–Crippen LogP) is 1.26. The van der Waals surface area contributed by atoms with Crippen molar-refractivity contribution in [3.8, 4) is 0 Å². The van der Waals surface area contributed by atoms with E-state index in [1.807, 2.05) is 0 Å². The first-order valence-electron chi connectivity index (χ1n) is 4.48. The van der Waals surface area contributed by atoms with Crippen LogP contribution in [0.15, 0.2) is 12.1 Å². The molecule has 0 heterocycles. The second kappa shape index (κ2) is 5.15. The number of aldehydes is 1. The van der Waals surface area contributed by atoms with Crippen LogP contribution in [0.25, 0.3) is 0 Å². The number of halogens is 1. The number of nitro benzene ring substituents is 1. The van der Waals surface area contributed by atoms with Crippen LogP contribution in [0.4, 0.5) is 10.1 Å². The van der Waals surface area contributed by atoms with Crippen LogP contribution >= 0.6 is 0 Å². The largest absolute Gasteiger partial charge is 0.469 e. The van der Waals surface area contributed by atoms with Gasteiger partial charge in [-0.1, -0.05) is 0 Å². The SMILES string of the molecule is COC(=O)Cc1cc(F)c(C=O)cc1[N+](=O)[O-]. The average molecular weight is 241 g/mol. The minimum Gasteiger partial charge on any atom is -0.469 e. The fourth-order valence-electron chi connectivity index (χ4n) is 1.25. The summed E-state index contributed by atoms with van der Waals surface area (Å²) in [5.41, 5.74) is -1.05. The number of esters is 1. The van der Waals surface area contributed by atoms with Crippen molar-refractivity contribution in [2.75, 3.05) is 7.11 Å². The predicted molar refractivity (Wildman–Crippen MR) is 54.2 cm³/mol. The van der Waals surface area contributed by atoms with Gasteiger partial charge in [0.2, 0.25) is 0 Å². The van der Waals surface area contributed by atoms with Gasteiger partial charge < -0.3 is 4.74 Å². The average Bonchev–Trinajstić information content (AvgIpc) is 2.28. The van der Waals surface area contributed by atoms with Gasteiger partial charge in [-0.2, -0.15) is 0 Å². The number of carbonyl (C=O) groups excluding carboxylic acids is 2. The highest BCUT2D eigenvalue weighted by molar-refractivity contribution is 5.79. The van der Waals surface area contributed by atoms with Crippen LogP contribution < -0.4 is 0 Å². The Morgan fingerprint density at radius 2 is 2.24 bits per heavy atom. The minimum atomic E-state index is -0.912. The number of hydrogen-bond donors (Lipinski definition) is 0. The van der Waals surface area contributed by atoms with E-state index < -0.39 is 34.4 Å². The molecule has 0 bridgehead atoms. The van der Waals surface area contributed by atoms with Crippen molar-refractivity contribution in [2.24, 2.45) is 0 Å². The third-order valence-corrected chi connectivity index (χ3v) is 2.08. The zero-order chi connectivity index (χ0) is 13.0. The van der Waals surface area contributed by atoms with E-state index in [-0.39, 0.29) is 11.8 Å². The lowest BCUT2D eigenvalue weighted by molar-refractivity contribution is -0.385. The molecule has 0 aliphatic carbocycles. The number of benzene rings is 1. The van der Waals surface area contributed by atoms with E-state index >= 15 is 0 Å². The molecule has 1 aromatic rings. The lowest BCUT2D eigenvalue weighted by atomic mass is 10.1. The highest BCUT2D eigenvalue weighted by Gasteiger charge is 2.20. The van der Waals surface area contributed by atoms with Gasteiger partial charge in [-0.05, 0) is 6.07 Å². The fraction of sp³-hybridized carbons (Fsp3) is 0.200. The van der Waals surface area contributed by atoms with E-state index in [1.165, 1.54) is 0 Å². The van der Waals surface area contributed by atoms with Gasteiger partial charge in [0.15, 0.2) is 6.29 Å². The van der Waals surface area contributed by atoms with Crippen LogP contribution in [0.1, 0.15) is 15.9 Å². The summed E-state index contributed by atoms with van der Waals surface area (Å²) in [5, 5.41) is 10.7. The Morgan fingerprint density at radius 3 is 2.71 bits per heavy atom. The standard InChI is InChI=1S/C10H8FNO5/c1-17-10(14)4-6-2-8(11)7(5-13)3-9(6)12(15)16/h2-3,5H,4H2,1H3. The zero-order valence-corrected chi connectivity index (χ0v) is 8.81. The van der Waals surface area contributed by atoms with Gasteiger partial charge in [-0.3, -0.25) is 19.7 Å². The normalized spacial score (nSPS) is 9.76. The lowest BCUT2D eigenvalue weighted by Gasteiger charge is -2.03. The van der Waals surface area contributed by atoms with Crippen LogP contribution in [0.5, 0.6) is 0 Å². The van der Waals surface area contributed by atoms with E-state index in [4.69, 9.17) is 0 Å². The first kappa shape index (κ1) is 12.8. The van der Waals surface area contributed by atoms with Crippen LogP contribution in [0.3, 0.4) is 0 Å². The molecular formula is C10H8FNO5. The molecular weight excluding hydrogens is 233 g/mol. The monoisotopic (exact) mass is 241 g/mol. The van der Waals surface area contributed by atoms with E-state index in [2.05, 4.69) is 4.74 Å². The fourth-order valence-corrected chi connectivity index (χ4v) is 1.25. The van der Waals surface area contributed by atoms with Crippen molar-refractivity contribution in [2.45, 2.75) is 6.42 Å². The molecule has 0 aromatic heterocycles. The van der Waals surface area contributed by atoms with Crippen molar-refractivity contribution in [3.05, 3.63) is 39.2 Å². The number of carbonyl (C=O) groups is 2. The molecule has 0 atom stereocenters. The molecule has 1 rings (SSSR count). The molecule has 0 amide bonds. The molecule has 0 saturated carbocycles. The Labute approximate surface area is 95.1 Å². The summed E-state index contributed by atoms with van der Waals surface area (Å²) in [4.78, 5) is 31.3. The van der Waals surface area contributed by atoms with E-state index in [0.29, 0.717) is 0 Å². The molecule has 90 valence electrons. The van der Waals surface area contributed by atoms with Gasteiger partial charge in [0.25, 0.3) is 5.69 Å². The molecule has 0 fully saturated rings. The Morgan fingerprint density at radius 1 is 1.59 bits per heavy atom. The number of nitrogens with zero attached hydrogens (tertiary/aromatic N) is 1. The van der Waals surface area contributed by atoms with E-state index in [9.17, 15) is 24.1 Å². The first-order chi connectivity index (χ1) is 7.99. The number of rotatable bonds is 4. The summed E-state index contributed by atoms with van der Waals surface area (Å²) >= 11 is 0. The molecule has 0 unspecified atom stereocenters. The van der Waals surface area contributed by atoms with Gasteiger partial charge in [-0.15, -0.1) is 0 Å². The van der Waals surface area contributed by atoms with E-state index in [0.717, 1.165) is 19.2 Å². The maximum Gasteiger partial charge on any atom is 0.310 e. The second-order valence-corrected chi connectivity index (χ2v) is 3.13. The molecule has 0 spiro atoms. The number of nitro groups is 1. The topological polar surface area (TPSA) is 86.5 Å². The smallest absolute Gasteiger partial charge is 0.310 e. The van der Waals surface area contributed by atoms with Crippen LogP contribution in [0.2, 0.25) is 0 Å². The maximum absolute atomic E-state index is 13.2. The molecule has 0 N–H and O–H groups in total. The van der Waals surface area contributed by atoms with Crippen LogP contribution in [-0.2, 0) is 16.0 Å². The summed E-state index contributed by atoms with van der Waals surface area (Å²) < 4.78 is 17.6. The number of ether oxygens (including phenoxy) is 1. The third kappa shape index (κ3) is 2.83. The van der Waals surface area contributed by atoms with Gasteiger partial charge in [0.05, 0.1) is 24.0 Å². The summed E-state index contributed by atoms with van der Waals surface area (Å²) in [7, 11) is 1.12. The van der Waals surface area contributed by atoms with Crippen molar-refractivity contribution in [1.29, 1.82) is 0 Å². The molecule has 0 radical (unpaired) electrons.